The molecule has 0 aliphatic carbocycles. The van der Waals surface area contributed by atoms with Crippen LogP contribution in [-0.4, -0.2) is 12.1 Å². The quantitative estimate of drug-likeness (QED) is 0.638. The lowest BCUT2D eigenvalue weighted by Gasteiger charge is -2.04. The largest absolute Gasteiger partial charge is 0.497 e. The number of rotatable bonds is 4. The summed E-state index contributed by atoms with van der Waals surface area (Å²) in [7, 11) is 1.65. The molecular formula is C16H12Cl2N2OS. The monoisotopic (exact) mass is 350 g/mol. The summed E-state index contributed by atoms with van der Waals surface area (Å²) in [6.45, 7) is 0. The number of halogens is 2. The van der Waals surface area contributed by atoms with E-state index in [1.54, 1.807) is 13.2 Å². The van der Waals surface area contributed by atoms with Crippen molar-refractivity contribution in [2.24, 2.45) is 0 Å². The van der Waals surface area contributed by atoms with Crippen molar-refractivity contribution >= 4 is 45.4 Å². The standard InChI is InChI=1S/C16H12Cl2N2OS/c1-21-14-4-2-10(3-5-14)15-9-22-16(20-15)19-13-7-11(17)6-12(18)8-13/h2-9H,1H3,(H,19,20). The molecule has 0 fully saturated rings. The molecule has 0 saturated carbocycles. The number of hydrogen-bond acceptors (Lipinski definition) is 4. The maximum atomic E-state index is 5.99. The first kappa shape index (κ1) is 15.2. The number of hydrogen-bond donors (Lipinski definition) is 1. The zero-order valence-corrected chi connectivity index (χ0v) is 14.0. The third kappa shape index (κ3) is 3.53. The number of anilines is 2. The summed E-state index contributed by atoms with van der Waals surface area (Å²) in [6.07, 6.45) is 0. The maximum Gasteiger partial charge on any atom is 0.187 e. The Morgan fingerprint density at radius 1 is 1.05 bits per heavy atom. The summed E-state index contributed by atoms with van der Waals surface area (Å²) in [5, 5.41) is 7.16. The molecule has 0 spiro atoms. The molecule has 0 bridgehead atoms. The number of thiazole rings is 1. The van der Waals surface area contributed by atoms with Crippen LogP contribution in [0, 0.1) is 0 Å². The van der Waals surface area contributed by atoms with Crippen molar-refractivity contribution in [3.63, 3.8) is 0 Å². The predicted octanol–water partition coefficient (Wildman–Crippen LogP) is 5.87. The van der Waals surface area contributed by atoms with Crippen LogP contribution in [0.3, 0.4) is 0 Å². The molecule has 3 aromatic rings. The third-order valence-electron chi connectivity index (χ3n) is 3.00. The Kier molecular flexibility index (Phi) is 4.52. The minimum absolute atomic E-state index is 0.585. The average Bonchev–Trinajstić information content (AvgIpc) is 2.95. The Labute approximate surface area is 142 Å². The Bertz CT molecular complexity index is 767. The van der Waals surface area contributed by atoms with Gasteiger partial charge in [-0.25, -0.2) is 4.98 Å². The van der Waals surface area contributed by atoms with E-state index in [1.807, 2.05) is 41.8 Å². The summed E-state index contributed by atoms with van der Waals surface area (Å²) in [4.78, 5) is 4.57. The van der Waals surface area contributed by atoms with Crippen LogP contribution in [0.5, 0.6) is 5.75 Å². The van der Waals surface area contributed by atoms with Crippen LogP contribution < -0.4 is 10.1 Å². The molecule has 1 N–H and O–H groups in total. The molecule has 22 heavy (non-hydrogen) atoms. The average molecular weight is 351 g/mol. The topological polar surface area (TPSA) is 34.1 Å². The smallest absolute Gasteiger partial charge is 0.187 e. The van der Waals surface area contributed by atoms with Crippen molar-refractivity contribution in [2.75, 3.05) is 12.4 Å². The number of ether oxygens (including phenoxy) is 1. The first-order valence-electron chi connectivity index (χ1n) is 6.47. The molecule has 2 aromatic carbocycles. The number of benzene rings is 2. The lowest BCUT2D eigenvalue weighted by molar-refractivity contribution is 0.415. The van der Waals surface area contributed by atoms with Gasteiger partial charge in [0.05, 0.1) is 12.8 Å². The number of nitrogens with zero attached hydrogens (tertiary/aromatic N) is 1. The van der Waals surface area contributed by atoms with Gasteiger partial charge in [-0.3, -0.25) is 0 Å². The fourth-order valence-corrected chi connectivity index (χ4v) is 3.24. The van der Waals surface area contributed by atoms with Gasteiger partial charge >= 0.3 is 0 Å². The first-order valence-corrected chi connectivity index (χ1v) is 8.11. The van der Waals surface area contributed by atoms with Gasteiger partial charge in [-0.1, -0.05) is 23.2 Å². The third-order valence-corrected chi connectivity index (χ3v) is 4.20. The van der Waals surface area contributed by atoms with E-state index in [4.69, 9.17) is 27.9 Å². The van der Waals surface area contributed by atoms with Gasteiger partial charge in [0.25, 0.3) is 0 Å². The minimum Gasteiger partial charge on any atom is -0.497 e. The Hall–Kier alpha value is -1.75. The molecule has 3 rings (SSSR count). The molecular weight excluding hydrogens is 339 g/mol. The summed E-state index contributed by atoms with van der Waals surface area (Å²) >= 11 is 13.5. The highest BCUT2D eigenvalue weighted by molar-refractivity contribution is 7.14. The van der Waals surface area contributed by atoms with Crippen LogP contribution in [0.1, 0.15) is 0 Å². The Morgan fingerprint density at radius 3 is 2.36 bits per heavy atom. The van der Waals surface area contributed by atoms with Crippen LogP contribution in [-0.2, 0) is 0 Å². The van der Waals surface area contributed by atoms with Crippen LogP contribution in [0.15, 0.2) is 47.8 Å². The second kappa shape index (κ2) is 6.57. The van der Waals surface area contributed by atoms with Crippen molar-refractivity contribution in [1.82, 2.24) is 4.98 Å². The summed E-state index contributed by atoms with van der Waals surface area (Å²) in [5.74, 6) is 0.825. The second-order valence-electron chi connectivity index (χ2n) is 4.55. The summed E-state index contributed by atoms with van der Waals surface area (Å²) in [5.41, 5.74) is 2.76. The molecule has 0 atom stereocenters. The molecule has 0 aliphatic heterocycles. The van der Waals surface area contributed by atoms with Gasteiger partial charge in [0.15, 0.2) is 5.13 Å². The predicted molar refractivity (Wildman–Crippen MR) is 93.8 cm³/mol. The highest BCUT2D eigenvalue weighted by atomic mass is 35.5. The van der Waals surface area contributed by atoms with Gasteiger partial charge in [-0.05, 0) is 42.5 Å². The van der Waals surface area contributed by atoms with Gasteiger partial charge in [0.1, 0.15) is 5.75 Å². The fourth-order valence-electron chi connectivity index (χ4n) is 1.97. The van der Waals surface area contributed by atoms with Gasteiger partial charge in [0.2, 0.25) is 0 Å². The second-order valence-corrected chi connectivity index (χ2v) is 6.28. The van der Waals surface area contributed by atoms with Gasteiger partial charge in [-0.2, -0.15) is 0 Å². The Morgan fingerprint density at radius 2 is 1.73 bits per heavy atom. The number of methoxy groups -OCH3 is 1. The molecule has 1 heterocycles. The van der Waals surface area contributed by atoms with E-state index in [0.717, 1.165) is 27.8 Å². The van der Waals surface area contributed by atoms with E-state index in [2.05, 4.69) is 10.3 Å². The first-order chi connectivity index (χ1) is 10.6. The summed E-state index contributed by atoms with van der Waals surface area (Å²) < 4.78 is 5.16. The molecule has 6 heteroatoms. The van der Waals surface area contributed by atoms with Crippen LogP contribution >= 0.6 is 34.5 Å². The van der Waals surface area contributed by atoms with Crippen LogP contribution in [0.4, 0.5) is 10.8 Å². The zero-order valence-electron chi connectivity index (χ0n) is 11.6. The highest BCUT2D eigenvalue weighted by Gasteiger charge is 2.06. The van der Waals surface area contributed by atoms with E-state index in [0.29, 0.717) is 10.0 Å². The number of aromatic nitrogens is 1. The van der Waals surface area contributed by atoms with Gasteiger partial charge < -0.3 is 10.1 Å². The van der Waals surface area contributed by atoms with Crippen molar-refractivity contribution in [1.29, 1.82) is 0 Å². The lowest BCUT2D eigenvalue weighted by atomic mass is 10.2. The SMILES string of the molecule is COc1ccc(-c2csc(Nc3cc(Cl)cc(Cl)c3)n2)cc1. The highest BCUT2D eigenvalue weighted by Crippen LogP contribution is 2.30. The molecule has 112 valence electrons. The normalized spacial score (nSPS) is 10.5. The van der Waals surface area contributed by atoms with E-state index in [9.17, 15) is 0 Å². The van der Waals surface area contributed by atoms with E-state index < -0.39 is 0 Å². The molecule has 3 nitrogen and oxygen atoms in total. The molecule has 0 unspecified atom stereocenters. The molecule has 1 aromatic heterocycles. The Balaban J connectivity index is 1.80. The minimum atomic E-state index is 0.585. The lowest BCUT2D eigenvalue weighted by Crippen LogP contribution is -1.89. The van der Waals surface area contributed by atoms with Crippen molar-refractivity contribution in [3.05, 3.63) is 57.9 Å². The molecule has 0 saturated heterocycles. The van der Waals surface area contributed by atoms with Crippen molar-refractivity contribution in [3.8, 4) is 17.0 Å². The van der Waals surface area contributed by atoms with Crippen LogP contribution in [0.25, 0.3) is 11.3 Å². The van der Waals surface area contributed by atoms with E-state index >= 15 is 0 Å². The van der Waals surface area contributed by atoms with Crippen LogP contribution in [0.2, 0.25) is 10.0 Å². The van der Waals surface area contributed by atoms with E-state index in [1.165, 1.54) is 11.3 Å². The molecule has 0 aliphatic rings. The fraction of sp³-hybridized carbons (Fsp3) is 0.0625. The zero-order chi connectivity index (χ0) is 15.5. The van der Waals surface area contributed by atoms with E-state index in [-0.39, 0.29) is 0 Å². The van der Waals surface area contributed by atoms with Crippen molar-refractivity contribution in [2.45, 2.75) is 0 Å². The van der Waals surface area contributed by atoms with Crippen molar-refractivity contribution < 1.29 is 4.74 Å². The number of nitrogens with one attached hydrogen (secondary N) is 1. The maximum absolute atomic E-state index is 5.99. The molecule has 0 amide bonds. The van der Waals surface area contributed by atoms with Gasteiger partial charge in [-0.15, -0.1) is 11.3 Å². The summed E-state index contributed by atoms with van der Waals surface area (Å²) in [6, 6.07) is 13.1. The molecule has 0 radical (unpaired) electrons. The van der Waals surface area contributed by atoms with Gasteiger partial charge in [0, 0.05) is 26.7 Å².